The molecule has 0 radical (unpaired) electrons. The van der Waals surface area contributed by atoms with Crippen LogP contribution in [0, 0.1) is 0 Å². The Balaban J connectivity index is 2.96. The van der Waals surface area contributed by atoms with E-state index in [0.29, 0.717) is 6.08 Å². The van der Waals surface area contributed by atoms with Gasteiger partial charge in [-0.2, -0.15) is 13.2 Å². The SMILES string of the molecule is O=C(C=C(NBr)C(F)(F)F)c1ccccc1. The molecule has 2 nitrogen and oxygen atoms in total. The average Bonchev–Trinajstić information content (AvgIpc) is 2.25. The Morgan fingerprint density at radius 1 is 1.25 bits per heavy atom. The Morgan fingerprint density at radius 2 is 1.81 bits per heavy atom. The first kappa shape index (κ1) is 12.8. The first-order chi connectivity index (χ1) is 7.45. The number of ketones is 1. The molecule has 0 aliphatic rings. The van der Waals surface area contributed by atoms with Gasteiger partial charge in [0.2, 0.25) is 0 Å². The van der Waals surface area contributed by atoms with E-state index in [2.05, 4.69) is 16.1 Å². The van der Waals surface area contributed by atoms with E-state index in [0.717, 1.165) is 0 Å². The second-order valence-corrected chi connectivity index (χ2v) is 3.28. The van der Waals surface area contributed by atoms with Crippen molar-refractivity contribution in [1.82, 2.24) is 4.34 Å². The van der Waals surface area contributed by atoms with Crippen LogP contribution in [0.4, 0.5) is 13.2 Å². The van der Waals surface area contributed by atoms with E-state index in [9.17, 15) is 18.0 Å². The first-order valence-corrected chi connectivity index (χ1v) is 4.99. The van der Waals surface area contributed by atoms with Crippen LogP contribution in [0.15, 0.2) is 42.1 Å². The van der Waals surface area contributed by atoms with Gasteiger partial charge in [0.05, 0.1) is 0 Å². The van der Waals surface area contributed by atoms with Crippen LogP contribution in [0.5, 0.6) is 0 Å². The summed E-state index contributed by atoms with van der Waals surface area (Å²) in [6.07, 6.45) is -4.09. The monoisotopic (exact) mass is 293 g/mol. The lowest BCUT2D eigenvalue weighted by atomic mass is 10.1. The molecule has 0 unspecified atom stereocenters. The third-order valence-corrected chi connectivity index (χ3v) is 2.17. The summed E-state index contributed by atoms with van der Waals surface area (Å²) in [5.74, 6) is -0.708. The molecule has 1 aromatic carbocycles. The number of rotatable bonds is 3. The second-order valence-electron chi connectivity index (χ2n) is 2.88. The number of hydrogen-bond donors (Lipinski definition) is 1. The summed E-state index contributed by atoms with van der Waals surface area (Å²) in [7, 11) is 0. The summed E-state index contributed by atoms with van der Waals surface area (Å²) in [4.78, 5) is 11.4. The summed E-state index contributed by atoms with van der Waals surface area (Å²) in [5, 5.41) is 0. The third kappa shape index (κ3) is 3.37. The van der Waals surface area contributed by atoms with Gasteiger partial charge in [-0.3, -0.25) is 4.79 Å². The highest BCUT2D eigenvalue weighted by atomic mass is 79.9. The average molecular weight is 294 g/mol. The summed E-state index contributed by atoms with van der Waals surface area (Å²) >= 11 is 2.46. The van der Waals surface area contributed by atoms with Crippen LogP contribution in [0.25, 0.3) is 0 Å². The molecule has 1 aromatic rings. The number of allylic oxidation sites excluding steroid dienone is 2. The molecule has 0 saturated heterocycles. The van der Waals surface area contributed by atoms with Gasteiger partial charge in [-0.1, -0.05) is 30.3 Å². The van der Waals surface area contributed by atoms with Crippen LogP contribution in [-0.4, -0.2) is 12.0 Å². The van der Waals surface area contributed by atoms with E-state index in [1.54, 1.807) is 22.5 Å². The summed E-state index contributed by atoms with van der Waals surface area (Å²) < 4.78 is 38.6. The van der Waals surface area contributed by atoms with Gasteiger partial charge in [0.1, 0.15) is 5.70 Å². The molecule has 0 saturated carbocycles. The molecular formula is C10H7BrF3NO. The van der Waals surface area contributed by atoms with E-state index < -0.39 is 17.7 Å². The fourth-order valence-corrected chi connectivity index (χ4v) is 1.32. The zero-order valence-electron chi connectivity index (χ0n) is 7.88. The fourth-order valence-electron chi connectivity index (χ4n) is 0.980. The van der Waals surface area contributed by atoms with Crippen molar-refractivity contribution in [3.8, 4) is 0 Å². The predicted octanol–water partition coefficient (Wildman–Crippen LogP) is 3.22. The van der Waals surface area contributed by atoms with Crippen LogP contribution in [-0.2, 0) is 0 Å². The highest BCUT2D eigenvalue weighted by Gasteiger charge is 2.34. The number of alkyl halides is 3. The normalized spacial score (nSPS) is 12.4. The highest BCUT2D eigenvalue weighted by molar-refractivity contribution is 9.08. The minimum Gasteiger partial charge on any atom is -0.318 e. The molecule has 0 spiro atoms. The lowest BCUT2D eigenvalue weighted by molar-refractivity contribution is -0.0940. The lowest BCUT2D eigenvalue weighted by Gasteiger charge is -2.08. The number of nitrogens with one attached hydrogen (secondary N) is 1. The molecule has 0 atom stereocenters. The van der Waals surface area contributed by atoms with E-state index in [1.807, 2.05) is 0 Å². The Kier molecular flexibility index (Phi) is 4.12. The molecule has 1 rings (SSSR count). The standard InChI is InChI=1S/C10H7BrF3NO/c11-15-9(10(12,13)14)6-8(16)7-4-2-1-3-5-7/h1-6,15H. The second kappa shape index (κ2) is 5.16. The summed E-state index contributed by atoms with van der Waals surface area (Å²) in [6, 6.07) is 7.72. The number of hydrogen-bond acceptors (Lipinski definition) is 2. The van der Waals surface area contributed by atoms with Crippen molar-refractivity contribution in [2.45, 2.75) is 6.18 Å². The number of halogens is 4. The van der Waals surface area contributed by atoms with Gasteiger partial charge in [0, 0.05) is 27.8 Å². The van der Waals surface area contributed by atoms with Crippen molar-refractivity contribution < 1.29 is 18.0 Å². The number of carbonyl (C=O) groups excluding carboxylic acids is 1. The minimum atomic E-state index is -4.59. The number of benzene rings is 1. The maximum absolute atomic E-state index is 12.3. The van der Waals surface area contributed by atoms with Gasteiger partial charge < -0.3 is 4.34 Å². The molecule has 86 valence electrons. The quantitative estimate of drug-likeness (QED) is 0.527. The molecule has 0 aliphatic heterocycles. The van der Waals surface area contributed by atoms with Crippen LogP contribution in [0.2, 0.25) is 0 Å². The minimum absolute atomic E-state index is 0.201. The molecule has 0 aromatic heterocycles. The maximum Gasteiger partial charge on any atom is 0.431 e. The predicted molar refractivity (Wildman–Crippen MR) is 57.0 cm³/mol. The molecular weight excluding hydrogens is 287 g/mol. The third-order valence-electron chi connectivity index (χ3n) is 1.74. The van der Waals surface area contributed by atoms with Crippen LogP contribution in [0.1, 0.15) is 10.4 Å². The van der Waals surface area contributed by atoms with E-state index >= 15 is 0 Å². The van der Waals surface area contributed by atoms with E-state index in [-0.39, 0.29) is 5.56 Å². The molecule has 16 heavy (non-hydrogen) atoms. The van der Waals surface area contributed by atoms with Crippen molar-refractivity contribution in [2.24, 2.45) is 0 Å². The Hall–Kier alpha value is -1.30. The zero-order chi connectivity index (χ0) is 12.2. The molecule has 0 fully saturated rings. The summed E-state index contributed by atoms with van der Waals surface area (Å²) in [6.45, 7) is 0. The fraction of sp³-hybridized carbons (Fsp3) is 0.100. The van der Waals surface area contributed by atoms with E-state index in [1.165, 1.54) is 12.1 Å². The smallest absolute Gasteiger partial charge is 0.318 e. The van der Waals surface area contributed by atoms with Crippen LogP contribution >= 0.6 is 16.1 Å². The topological polar surface area (TPSA) is 29.1 Å². The molecule has 0 bridgehead atoms. The van der Waals surface area contributed by atoms with Gasteiger partial charge in [0.25, 0.3) is 0 Å². The van der Waals surface area contributed by atoms with Crippen molar-refractivity contribution in [1.29, 1.82) is 0 Å². The molecule has 1 N–H and O–H groups in total. The number of carbonyl (C=O) groups is 1. The first-order valence-electron chi connectivity index (χ1n) is 4.20. The Morgan fingerprint density at radius 3 is 2.25 bits per heavy atom. The Labute approximate surface area is 98.5 Å². The van der Waals surface area contributed by atoms with Crippen LogP contribution in [0.3, 0.4) is 0 Å². The largest absolute Gasteiger partial charge is 0.431 e. The Bertz CT molecular complexity index is 400. The van der Waals surface area contributed by atoms with Gasteiger partial charge in [-0.25, -0.2) is 0 Å². The van der Waals surface area contributed by atoms with Gasteiger partial charge in [0.15, 0.2) is 5.78 Å². The highest BCUT2D eigenvalue weighted by Crippen LogP contribution is 2.24. The van der Waals surface area contributed by atoms with Crippen molar-refractivity contribution in [2.75, 3.05) is 0 Å². The van der Waals surface area contributed by atoms with Crippen molar-refractivity contribution in [3.63, 3.8) is 0 Å². The summed E-state index contributed by atoms with van der Waals surface area (Å²) in [5.41, 5.74) is -0.937. The van der Waals surface area contributed by atoms with Crippen molar-refractivity contribution in [3.05, 3.63) is 47.7 Å². The lowest BCUT2D eigenvalue weighted by Crippen LogP contribution is -2.20. The maximum atomic E-state index is 12.3. The van der Waals surface area contributed by atoms with Crippen molar-refractivity contribution >= 4 is 21.9 Å². The zero-order valence-corrected chi connectivity index (χ0v) is 9.47. The molecule has 6 heteroatoms. The van der Waals surface area contributed by atoms with Gasteiger partial charge in [-0.05, 0) is 0 Å². The molecule has 0 amide bonds. The van der Waals surface area contributed by atoms with Gasteiger partial charge >= 0.3 is 6.18 Å². The molecule has 0 heterocycles. The van der Waals surface area contributed by atoms with Crippen LogP contribution < -0.4 is 4.34 Å². The van der Waals surface area contributed by atoms with Gasteiger partial charge in [-0.15, -0.1) is 0 Å². The molecule has 0 aliphatic carbocycles. The van der Waals surface area contributed by atoms with E-state index in [4.69, 9.17) is 0 Å².